The Bertz CT molecular complexity index is 909. The maximum absolute atomic E-state index is 14.6. The zero-order valence-electron chi connectivity index (χ0n) is 15.0. The van der Waals surface area contributed by atoms with E-state index in [2.05, 4.69) is 26.2 Å². The third-order valence-electron chi connectivity index (χ3n) is 4.80. The smallest absolute Gasteiger partial charge is 0.212 e. The minimum Gasteiger partial charge on any atom is -0.487 e. The van der Waals surface area contributed by atoms with Crippen LogP contribution in [0, 0.1) is 11.6 Å². The van der Waals surface area contributed by atoms with Crippen molar-refractivity contribution in [1.29, 1.82) is 0 Å². The van der Waals surface area contributed by atoms with Crippen LogP contribution in [0.4, 0.5) is 13.9 Å². The number of halogens is 2. The van der Waals surface area contributed by atoms with Gasteiger partial charge >= 0.3 is 0 Å². The Kier molecular flexibility index (Phi) is 6.07. The molecule has 1 fully saturated rings. The van der Waals surface area contributed by atoms with Crippen LogP contribution in [0.15, 0.2) is 53.7 Å². The monoisotopic (exact) mass is 419 g/mol. The summed E-state index contributed by atoms with van der Waals surface area (Å²) in [6.07, 6.45) is 5.19. The third-order valence-corrected chi connectivity index (χ3v) is 6.34. The summed E-state index contributed by atoms with van der Waals surface area (Å²) in [5.74, 6) is -0.957. The van der Waals surface area contributed by atoms with E-state index < -0.39 is 11.6 Å². The topological polar surface area (TPSA) is 47.0 Å². The van der Waals surface area contributed by atoms with Gasteiger partial charge in [0.15, 0.2) is 11.6 Å². The lowest BCUT2D eigenvalue weighted by Crippen LogP contribution is -2.29. The minimum atomic E-state index is -0.569. The molecule has 3 aromatic rings. The van der Waals surface area contributed by atoms with Gasteiger partial charge in [-0.1, -0.05) is 36.8 Å². The molecule has 1 heterocycles. The van der Waals surface area contributed by atoms with Crippen molar-refractivity contribution >= 4 is 28.6 Å². The van der Waals surface area contributed by atoms with Crippen LogP contribution in [0.3, 0.4) is 0 Å². The number of benzene rings is 2. The summed E-state index contributed by atoms with van der Waals surface area (Å²) >= 11 is 2.10. The van der Waals surface area contributed by atoms with Crippen molar-refractivity contribution in [1.82, 2.24) is 9.36 Å². The van der Waals surface area contributed by atoms with E-state index >= 15 is 0 Å². The lowest BCUT2D eigenvalue weighted by atomic mass is 9.81. The summed E-state index contributed by atoms with van der Waals surface area (Å²) in [5, 5.41) is 0.526. The summed E-state index contributed by atoms with van der Waals surface area (Å²) in [7, 11) is 0. The van der Waals surface area contributed by atoms with Crippen LogP contribution in [0.5, 0.6) is 5.75 Å². The molecule has 0 amide bonds. The Morgan fingerprint density at radius 2 is 1.89 bits per heavy atom. The van der Waals surface area contributed by atoms with Crippen LogP contribution in [-0.2, 0) is 0 Å². The molecule has 2 atom stereocenters. The molecule has 4 rings (SSSR count). The van der Waals surface area contributed by atoms with Crippen molar-refractivity contribution in [3.8, 4) is 5.75 Å². The quantitative estimate of drug-likeness (QED) is 0.494. The molecular weight excluding hydrogens is 400 g/mol. The Hall–Kier alpha value is -2.19. The van der Waals surface area contributed by atoms with E-state index in [0.717, 1.165) is 61.3 Å². The molecule has 28 heavy (non-hydrogen) atoms. The van der Waals surface area contributed by atoms with E-state index in [9.17, 15) is 8.78 Å². The molecule has 0 saturated heterocycles. The molecule has 2 unspecified atom stereocenters. The first-order chi connectivity index (χ1) is 13.7. The fourth-order valence-electron chi connectivity index (χ4n) is 3.48. The number of hydrogen-bond donors (Lipinski definition) is 1. The van der Waals surface area contributed by atoms with Gasteiger partial charge in [-0.15, -0.1) is 0 Å². The third kappa shape index (κ3) is 4.44. The average molecular weight is 420 g/mol. The second-order valence-corrected chi connectivity index (χ2v) is 8.25. The van der Waals surface area contributed by atoms with Crippen molar-refractivity contribution in [2.24, 2.45) is 0 Å². The van der Waals surface area contributed by atoms with Crippen LogP contribution < -0.4 is 9.46 Å². The normalized spacial score (nSPS) is 19.4. The maximum Gasteiger partial charge on any atom is 0.212 e. The van der Waals surface area contributed by atoms with Crippen LogP contribution >= 0.6 is 23.5 Å². The van der Waals surface area contributed by atoms with Gasteiger partial charge in [-0.05, 0) is 42.8 Å². The number of hydrogen-bond acceptors (Lipinski definition) is 6. The molecule has 0 bridgehead atoms. The number of rotatable bonds is 6. The highest BCUT2D eigenvalue weighted by molar-refractivity contribution is 8.00. The summed E-state index contributed by atoms with van der Waals surface area (Å²) in [6.45, 7) is 0. The molecule has 4 nitrogen and oxygen atoms in total. The number of nitrogens with one attached hydrogen (secondary N) is 1. The number of anilines is 1. The van der Waals surface area contributed by atoms with Crippen LogP contribution in [-0.4, -0.2) is 15.5 Å². The predicted molar refractivity (Wildman–Crippen MR) is 108 cm³/mol. The van der Waals surface area contributed by atoms with Gasteiger partial charge in [0.1, 0.15) is 18.2 Å². The fourth-order valence-corrected chi connectivity index (χ4v) is 4.61. The van der Waals surface area contributed by atoms with E-state index in [1.165, 1.54) is 11.9 Å². The van der Waals surface area contributed by atoms with Gasteiger partial charge in [0.2, 0.25) is 5.13 Å². The summed E-state index contributed by atoms with van der Waals surface area (Å²) < 4.78 is 41.8. The van der Waals surface area contributed by atoms with E-state index in [1.807, 2.05) is 18.2 Å². The second-order valence-electron chi connectivity index (χ2n) is 6.62. The Morgan fingerprint density at radius 1 is 1.07 bits per heavy atom. The maximum atomic E-state index is 14.6. The zero-order valence-corrected chi connectivity index (χ0v) is 16.6. The molecule has 1 N–H and O–H groups in total. The van der Waals surface area contributed by atoms with E-state index in [-0.39, 0.29) is 22.7 Å². The highest BCUT2D eigenvalue weighted by Gasteiger charge is 2.29. The first-order valence-corrected chi connectivity index (χ1v) is 10.7. The standard InChI is InChI=1S/C20H19F2N3OS2/c21-15-11-19(27-25-20-23-12-24-28-20)16(22)10-18(15)26-17-9-5-4-8-14(17)13-6-2-1-3-7-13/h1-3,6-7,10-12,14,17H,4-5,8-9H2,(H,23,24,25). The van der Waals surface area contributed by atoms with Crippen LogP contribution in [0.2, 0.25) is 0 Å². The molecule has 1 aromatic heterocycles. The molecule has 2 aromatic carbocycles. The molecule has 0 aliphatic heterocycles. The van der Waals surface area contributed by atoms with Crippen molar-refractivity contribution in [2.45, 2.75) is 42.6 Å². The van der Waals surface area contributed by atoms with Gasteiger partial charge in [-0.25, -0.2) is 13.8 Å². The first-order valence-electron chi connectivity index (χ1n) is 9.11. The SMILES string of the molecule is Fc1cc(SNc2ncns2)c(F)cc1OC1CCCCC1c1ccccc1. The molecule has 146 valence electrons. The Labute approximate surface area is 170 Å². The lowest BCUT2D eigenvalue weighted by molar-refractivity contribution is 0.124. The molecule has 0 spiro atoms. The van der Waals surface area contributed by atoms with Crippen LogP contribution in [0.1, 0.15) is 37.2 Å². The van der Waals surface area contributed by atoms with Gasteiger partial charge in [0.25, 0.3) is 0 Å². The largest absolute Gasteiger partial charge is 0.487 e. The van der Waals surface area contributed by atoms with Gasteiger partial charge in [0.05, 0.1) is 4.90 Å². The van der Waals surface area contributed by atoms with Gasteiger partial charge in [-0.2, -0.15) is 4.37 Å². The second kappa shape index (κ2) is 8.87. The van der Waals surface area contributed by atoms with E-state index in [1.54, 1.807) is 0 Å². The highest BCUT2D eigenvalue weighted by atomic mass is 32.2. The van der Waals surface area contributed by atoms with E-state index in [0.29, 0.717) is 5.13 Å². The fraction of sp³-hybridized carbons (Fsp3) is 0.300. The van der Waals surface area contributed by atoms with Crippen molar-refractivity contribution in [3.05, 3.63) is 66.0 Å². The van der Waals surface area contributed by atoms with Crippen molar-refractivity contribution in [2.75, 3.05) is 4.72 Å². The zero-order chi connectivity index (χ0) is 19.3. The summed E-state index contributed by atoms with van der Waals surface area (Å²) in [5.41, 5.74) is 1.18. The Morgan fingerprint density at radius 3 is 2.68 bits per heavy atom. The molecule has 1 aliphatic carbocycles. The number of ether oxygens (including phenoxy) is 1. The van der Waals surface area contributed by atoms with Gasteiger partial charge < -0.3 is 9.46 Å². The highest BCUT2D eigenvalue weighted by Crippen LogP contribution is 2.37. The van der Waals surface area contributed by atoms with Gasteiger partial charge in [-0.3, -0.25) is 0 Å². The molecule has 1 saturated carbocycles. The predicted octanol–water partition coefficient (Wildman–Crippen LogP) is 6.04. The number of aromatic nitrogens is 2. The Balaban J connectivity index is 1.49. The average Bonchev–Trinajstić information content (AvgIpc) is 3.24. The molecule has 8 heteroatoms. The van der Waals surface area contributed by atoms with Crippen LogP contribution in [0.25, 0.3) is 0 Å². The summed E-state index contributed by atoms with van der Waals surface area (Å²) in [4.78, 5) is 4.09. The van der Waals surface area contributed by atoms with Gasteiger partial charge in [0, 0.05) is 23.5 Å². The molecular formula is C20H19F2N3OS2. The summed E-state index contributed by atoms with van der Waals surface area (Å²) in [6, 6.07) is 12.4. The minimum absolute atomic E-state index is 0.0365. The van der Waals surface area contributed by atoms with Crippen molar-refractivity contribution in [3.63, 3.8) is 0 Å². The molecule has 0 radical (unpaired) electrons. The molecule has 1 aliphatic rings. The lowest BCUT2D eigenvalue weighted by Gasteiger charge is -2.32. The number of nitrogens with zero attached hydrogens (tertiary/aromatic N) is 2. The van der Waals surface area contributed by atoms with Crippen molar-refractivity contribution < 1.29 is 13.5 Å². The van der Waals surface area contributed by atoms with E-state index in [4.69, 9.17) is 4.74 Å². The first kappa shape index (κ1) is 19.1.